The molecule has 0 aliphatic heterocycles. The van der Waals surface area contributed by atoms with Crippen LogP contribution in [-0.4, -0.2) is 23.5 Å². The number of hydrogen-bond donors (Lipinski definition) is 2. The van der Waals surface area contributed by atoms with Gasteiger partial charge in [0.15, 0.2) is 0 Å². The van der Waals surface area contributed by atoms with Crippen molar-refractivity contribution in [3.63, 3.8) is 0 Å². The second kappa shape index (κ2) is 8.03. The van der Waals surface area contributed by atoms with E-state index >= 15 is 0 Å². The van der Waals surface area contributed by atoms with Crippen molar-refractivity contribution in [3.8, 4) is 0 Å². The lowest BCUT2D eigenvalue weighted by Gasteiger charge is -2.26. The third-order valence-corrected chi connectivity index (χ3v) is 3.70. The predicted molar refractivity (Wildman–Crippen MR) is 83.6 cm³/mol. The van der Waals surface area contributed by atoms with Crippen LogP contribution in [0.5, 0.6) is 0 Å². The summed E-state index contributed by atoms with van der Waals surface area (Å²) in [7, 11) is 0. The lowest BCUT2D eigenvalue weighted by atomic mass is 9.84. The van der Waals surface area contributed by atoms with Crippen molar-refractivity contribution in [2.45, 2.75) is 44.9 Å². The summed E-state index contributed by atoms with van der Waals surface area (Å²) >= 11 is 6.19. The van der Waals surface area contributed by atoms with Crippen molar-refractivity contribution in [1.29, 1.82) is 0 Å². The topological polar surface area (TPSA) is 66.4 Å². The van der Waals surface area contributed by atoms with Gasteiger partial charge in [-0.25, -0.2) is 0 Å². The average molecular weight is 312 g/mol. The largest absolute Gasteiger partial charge is 0.481 e. The lowest BCUT2D eigenvalue weighted by Crippen LogP contribution is -2.36. The molecule has 0 aliphatic rings. The number of carbonyl (C=O) groups is 2. The molecule has 4 nitrogen and oxygen atoms in total. The third kappa shape index (κ3) is 6.17. The maximum absolute atomic E-state index is 11.8. The number of carboxylic acids is 1. The van der Waals surface area contributed by atoms with Gasteiger partial charge in [0.05, 0.1) is 0 Å². The van der Waals surface area contributed by atoms with E-state index in [0.717, 1.165) is 5.56 Å². The first-order valence-electron chi connectivity index (χ1n) is 7.06. The van der Waals surface area contributed by atoms with Crippen molar-refractivity contribution in [2.75, 3.05) is 6.54 Å². The molecular formula is C16H22ClNO3. The molecule has 0 bridgehead atoms. The van der Waals surface area contributed by atoms with Crippen LogP contribution >= 0.6 is 11.6 Å². The van der Waals surface area contributed by atoms with Crippen LogP contribution in [0.3, 0.4) is 0 Å². The van der Waals surface area contributed by atoms with Crippen molar-refractivity contribution < 1.29 is 14.7 Å². The molecule has 0 unspecified atom stereocenters. The van der Waals surface area contributed by atoms with Crippen molar-refractivity contribution in [1.82, 2.24) is 5.32 Å². The highest BCUT2D eigenvalue weighted by Crippen LogP contribution is 2.28. The monoisotopic (exact) mass is 311 g/mol. The normalized spacial score (nSPS) is 11.2. The summed E-state index contributed by atoms with van der Waals surface area (Å²) in [6, 6.07) is 7.60. The third-order valence-electron chi connectivity index (χ3n) is 3.37. The molecule has 5 heteroatoms. The summed E-state index contributed by atoms with van der Waals surface area (Å²) < 4.78 is 0. The first-order chi connectivity index (χ1) is 9.83. The van der Waals surface area contributed by atoms with Gasteiger partial charge in [0.1, 0.15) is 0 Å². The number of rotatable bonds is 8. The highest BCUT2D eigenvalue weighted by Gasteiger charge is 2.23. The smallest absolute Gasteiger partial charge is 0.303 e. The van der Waals surface area contributed by atoms with Crippen LogP contribution in [0.1, 0.15) is 45.1 Å². The Morgan fingerprint density at radius 2 is 1.81 bits per heavy atom. The van der Waals surface area contributed by atoms with E-state index in [4.69, 9.17) is 16.7 Å². The molecule has 1 rings (SSSR count). The number of carbonyl (C=O) groups excluding carboxylic acids is 1. The standard InChI is InChI=1S/C16H22ClNO3/c1-16(2,12-7-3-4-8-13(12)17)11-18-14(19)9-5-6-10-15(20)21/h3-4,7-8H,5-6,9-11H2,1-2H3,(H,18,19)(H,20,21). The molecule has 0 heterocycles. The van der Waals surface area contributed by atoms with Crippen LogP contribution in [0.2, 0.25) is 5.02 Å². The number of unbranched alkanes of at least 4 members (excludes halogenated alkanes) is 1. The Morgan fingerprint density at radius 1 is 1.19 bits per heavy atom. The molecule has 0 atom stereocenters. The maximum Gasteiger partial charge on any atom is 0.303 e. The summed E-state index contributed by atoms with van der Waals surface area (Å²) in [5.74, 6) is -0.879. The van der Waals surface area contributed by atoms with Crippen LogP contribution in [0.25, 0.3) is 0 Å². The van der Waals surface area contributed by atoms with Gasteiger partial charge in [-0.3, -0.25) is 9.59 Å². The van der Waals surface area contributed by atoms with E-state index < -0.39 is 5.97 Å². The van der Waals surface area contributed by atoms with Crippen LogP contribution in [0.15, 0.2) is 24.3 Å². The van der Waals surface area contributed by atoms with Gasteiger partial charge in [0.25, 0.3) is 0 Å². The number of aliphatic carboxylic acids is 1. The van der Waals surface area contributed by atoms with E-state index in [1.54, 1.807) is 0 Å². The zero-order valence-electron chi connectivity index (χ0n) is 12.5. The fraction of sp³-hybridized carbons (Fsp3) is 0.500. The van der Waals surface area contributed by atoms with Crippen molar-refractivity contribution in [2.24, 2.45) is 0 Å². The molecule has 0 fully saturated rings. The minimum Gasteiger partial charge on any atom is -0.481 e. The van der Waals surface area contributed by atoms with E-state index in [0.29, 0.717) is 30.8 Å². The number of carboxylic acid groups (broad SMARTS) is 1. The van der Waals surface area contributed by atoms with Gasteiger partial charge in [-0.2, -0.15) is 0 Å². The number of benzene rings is 1. The Bertz CT molecular complexity index is 500. The van der Waals surface area contributed by atoms with Crippen molar-refractivity contribution in [3.05, 3.63) is 34.9 Å². The minimum absolute atomic E-state index is 0.0551. The van der Waals surface area contributed by atoms with Gasteiger partial charge in [-0.05, 0) is 24.5 Å². The summed E-state index contributed by atoms with van der Waals surface area (Å²) in [5.41, 5.74) is 0.743. The van der Waals surface area contributed by atoms with E-state index in [9.17, 15) is 9.59 Å². The number of nitrogens with one attached hydrogen (secondary N) is 1. The Labute approximate surface area is 130 Å². The van der Waals surface area contributed by atoms with Crippen LogP contribution in [-0.2, 0) is 15.0 Å². The summed E-state index contributed by atoms with van der Waals surface area (Å²) in [4.78, 5) is 22.1. The summed E-state index contributed by atoms with van der Waals surface area (Å²) in [6.07, 6.45) is 1.57. The molecule has 0 aromatic heterocycles. The van der Waals surface area contributed by atoms with E-state index in [2.05, 4.69) is 5.32 Å². The number of hydrogen-bond acceptors (Lipinski definition) is 2. The van der Waals surface area contributed by atoms with Crippen LogP contribution < -0.4 is 5.32 Å². The molecule has 116 valence electrons. The molecule has 1 aromatic carbocycles. The molecule has 2 N–H and O–H groups in total. The predicted octanol–water partition coefficient (Wildman–Crippen LogP) is 3.38. The molecule has 21 heavy (non-hydrogen) atoms. The molecule has 0 radical (unpaired) electrons. The van der Waals surface area contributed by atoms with E-state index in [1.165, 1.54) is 0 Å². The zero-order chi connectivity index (χ0) is 15.9. The highest BCUT2D eigenvalue weighted by atomic mass is 35.5. The van der Waals surface area contributed by atoms with Gasteiger partial charge >= 0.3 is 5.97 Å². The molecule has 1 amide bonds. The molecule has 1 aromatic rings. The van der Waals surface area contributed by atoms with Crippen LogP contribution in [0.4, 0.5) is 0 Å². The minimum atomic E-state index is -0.824. The Hall–Kier alpha value is -1.55. The van der Waals surface area contributed by atoms with Gasteiger partial charge < -0.3 is 10.4 Å². The van der Waals surface area contributed by atoms with E-state index in [-0.39, 0.29) is 17.7 Å². The molecule has 0 spiro atoms. The first kappa shape index (κ1) is 17.5. The number of halogens is 1. The Kier molecular flexibility index (Phi) is 6.69. The van der Waals surface area contributed by atoms with Gasteiger partial charge in [-0.15, -0.1) is 0 Å². The highest BCUT2D eigenvalue weighted by molar-refractivity contribution is 6.31. The molecule has 0 saturated carbocycles. The van der Waals surface area contributed by atoms with E-state index in [1.807, 2.05) is 38.1 Å². The van der Waals surface area contributed by atoms with Crippen LogP contribution in [0, 0.1) is 0 Å². The SMILES string of the molecule is CC(C)(CNC(=O)CCCCC(=O)O)c1ccccc1Cl. The molecular weight excluding hydrogens is 290 g/mol. The van der Waals surface area contributed by atoms with Gasteiger partial charge in [0, 0.05) is 29.8 Å². The summed E-state index contributed by atoms with van der Waals surface area (Å²) in [5, 5.41) is 12.1. The Balaban J connectivity index is 2.41. The fourth-order valence-electron chi connectivity index (χ4n) is 2.08. The second-order valence-electron chi connectivity index (χ2n) is 5.74. The quantitative estimate of drug-likeness (QED) is 0.723. The number of amides is 1. The molecule has 0 saturated heterocycles. The summed E-state index contributed by atoms with van der Waals surface area (Å²) in [6.45, 7) is 4.55. The lowest BCUT2D eigenvalue weighted by molar-refractivity contribution is -0.137. The van der Waals surface area contributed by atoms with Crippen molar-refractivity contribution >= 4 is 23.5 Å². The Morgan fingerprint density at radius 3 is 2.43 bits per heavy atom. The van der Waals surface area contributed by atoms with Gasteiger partial charge in [-0.1, -0.05) is 43.6 Å². The fourth-order valence-corrected chi connectivity index (χ4v) is 2.47. The first-order valence-corrected chi connectivity index (χ1v) is 7.44. The molecule has 0 aliphatic carbocycles. The second-order valence-corrected chi connectivity index (χ2v) is 6.15. The maximum atomic E-state index is 11.8. The average Bonchev–Trinajstić information content (AvgIpc) is 2.41. The zero-order valence-corrected chi connectivity index (χ0v) is 13.2. The van der Waals surface area contributed by atoms with Gasteiger partial charge in [0.2, 0.25) is 5.91 Å².